The van der Waals surface area contributed by atoms with Gasteiger partial charge in [-0.15, -0.1) is 0 Å². The smallest absolute Gasteiger partial charge is 0.267 e. The second kappa shape index (κ2) is 10.4. The summed E-state index contributed by atoms with van der Waals surface area (Å²) in [4.78, 5) is 34.7. The molecule has 0 fully saturated rings. The number of aromatic nitrogens is 3. The molecule has 0 bridgehead atoms. The van der Waals surface area contributed by atoms with Gasteiger partial charge in [0.25, 0.3) is 5.56 Å². The topological polar surface area (TPSA) is 76.9 Å². The number of hydrogen-bond acceptors (Lipinski definition) is 5. The van der Waals surface area contributed by atoms with Gasteiger partial charge < -0.3 is 5.32 Å². The quantitative estimate of drug-likeness (QED) is 0.315. The molecule has 1 aromatic carbocycles. The van der Waals surface area contributed by atoms with E-state index in [9.17, 15) is 9.59 Å². The van der Waals surface area contributed by atoms with Gasteiger partial charge in [-0.05, 0) is 44.0 Å². The van der Waals surface area contributed by atoms with Gasteiger partial charge in [0, 0.05) is 12.2 Å². The van der Waals surface area contributed by atoms with Crippen molar-refractivity contribution >= 4 is 28.6 Å². The van der Waals surface area contributed by atoms with Crippen LogP contribution in [0.3, 0.4) is 0 Å². The number of hydrogen-bond donors (Lipinski definition) is 1. The number of thioether (sulfide) groups is 1. The first kappa shape index (κ1) is 22.0. The number of nitrogens with one attached hydrogen (secondary N) is 1. The second-order valence-electron chi connectivity index (χ2n) is 7.50. The summed E-state index contributed by atoms with van der Waals surface area (Å²) in [6, 6.07) is 11.1. The van der Waals surface area contributed by atoms with Crippen LogP contribution in [0, 0.1) is 6.92 Å². The molecule has 1 unspecified atom stereocenters. The summed E-state index contributed by atoms with van der Waals surface area (Å²) in [6.45, 7) is 6.14. The molecule has 1 N–H and O–H groups in total. The molecule has 2 aromatic heterocycles. The largest absolute Gasteiger partial charge is 0.353 e. The zero-order valence-electron chi connectivity index (χ0n) is 17.7. The molecule has 30 heavy (non-hydrogen) atoms. The number of benzene rings is 1. The number of carbonyl (C=O) groups excluding carboxylic acids is 1. The summed E-state index contributed by atoms with van der Waals surface area (Å²) in [5.41, 5.74) is 1.43. The lowest BCUT2D eigenvalue weighted by Crippen LogP contribution is -2.34. The van der Waals surface area contributed by atoms with Crippen molar-refractivity contribution in [2.24, 2.45) is 0 Å². The van der Waals surface area contributed by atoms with E-state index in [1.54, 1.807) is 18.3 Å². The average molecular weight is 425 g/mol. The molecule has 0 spiro atoms. The van der Waals surface area contributed by atoms with Crippen LogP contribution >= 0.6 is 11.8 Å². The van der Waals surface area contributed by atoms with Crippen molar-refractivity contribution in [2.75, 3.05) is 5.75 Å². The van der Waals surface area contributed by atoms with Crippen molar-refractivity contribution in [1.29, 1.82) is 0 Å². The monoisotopic (exact) mass is 424 g/mol. The fourth-order valence-electron chi connectivity index (χ4n) is 3.22. The Hall–Kier alpha value is -2.67. The maximum atomic E-state index is 13.2. The van der Waals surface area contributed by atoms with Gasteiger partial charge in [0.15, 0.2) is 5.16 Å². The third-order valence-electron chi connectivity index (χ3n) is 4.85. The van der Waals surface area contributed by atoms with Crippen LogP contribution in [-0.4, -0.2) is 32.2 Å². The number of amides is 1. The third kappa shape index (κ3) is 5.48. The van der Waals surface area contributed by atoms with Crippen molar-refractivity contribution in [3.8, 4) is 5.82 Å². The highest BCUT2D eigenvalue weighted by atomic mass is 32.2. The van der Waals surface area contributed by atoms with Gasteiger partial charge in [0.2, 0.25) is 5.91 Å². The number of para-hydroxylation sites is 1. The first-order valence-corrected chi connectivity index (χ1v) is 11.3. The Labute approximate surface area is 181 Å². The summed E-state index contributed by atoms with van der Waals surface area (Å²) in [7, 11) is 0. The Morgan fingerprint density at radius 1 is 1.20 bits per heavy atom. The fraction of sp³-hybridized carbons (Fsp3) is 0.391. The van der Waals surface area contributed by atoms with Gasteiger partial charge in [0.05, 0.1) is 16.7 Å². The first-order chi connectivity index (χ1) is 14.5. The molecule has 0 saturated carbocycles. The molecule has 0 saturated heterocycles. The average Bonchev–Trinajstić information content (AvgIpc) is 2.73. The fourth-order valence-corrected chi connectivity index (χ4v) is 4.03. The number of unbranched alkanes of at least 4 members (excludes halogenated alkanes) is 2. The van der Waals surface area contributed by atoms with Gasteiger partial charge in [0.1, 0.15) is 5.82 Å². The molecule has 2 heterocycles. The minimum absolute atomic E-state index is 0.0604. The van der Waals surface area contributed by atoms with Crippen LogP contribution in [0.4, 0.5) is 0 Å². The number of nitrogens with zero attached hydrogens (tertiary/aromatic N) is 3. The lowest BCUT2D eigenvalue weighted by molar-refractivity contribution is -0.119. The van der Waals surface area contributed by atoms with Crippen molar-refractivity contribution in [1.82, 2.24) is 19.9 Å². The van der Waals surface area contributed by atoms with Crippen LogP contribution in [0.5, 0.6) is 0 Å². The van der Waals surface area contributed by atoms with Crippen LogP contribution in [0.2, 0.25) is 0 Å². The number of rotatable bonds is 9. The molecule has 3 rings (SSSR count). The molecule has 0 aliphatic heterocycles. The van der Waals surface area contributed by atoms with Crippen LogP contribution in [0.25, 0.3) is 16.7 Å². The highest BCUT2D eigenvalue weighted by Crippen LogP contribution is 2.20. The van der Waals surface area contributed by atoms with Gasteiger partial charge in [-0.3, -0.25) is 9.59 Å². The summed E-state index contributed by atoms with van der Waals surface area (Å²) in [5, 5.41) is 4.02. The molecule has 6 nitrogen and oxygen atoms in total. The summed E-state index contributed by atoms with van der Waals surface area (Å²) in [5.74, 6) is 0.629. The van der Waals surface area contributed by atoms with E-state index >= 15 is 0 Å². The molecular weight excluding hydrogens is 396 g/mol. The number of carbonyl (C=O) groups is 1. The zero-order valence-corrected chi connectivity index (χ0v) is 18.5. The molecule has 1 atom stereocenters. The van der Waals surface area contributed by atoms with Crippen molar-refractivity contribution in [3.63, 3.8) is 0 Å². The first-order valence-electron chi connectivity index (χ1n) is 10.4. The number of fused-ring (bicyclic) bond motifs is 1. The summed E-state index contributed by atoms with van der Waals surface area (Å²) < 4.78 is 1.49. The molecule has 0 aliphatic carbocycles. The molecule has 1 amide bonds. The minimum atomic E-state index is -0.187. The summed E-state index contributed by atoms with van der Waals surface area (Å²) in [6.07, 6.45) is 6.13. The van der Waals surface area contributed by atoms with Crippen molar-refractivity contribution < 1.29 is 4.79 Å². The van der Waals surface area contributed by atoms with Gasteiger partial charge in [-0.1, -0.05) is 56.1 Å². The van der Waals surface area contributed by atoms with Gasteiger partial charge in [-0.2, -0.15) is 0 Å². The Bertz CT molecular complexity index is 1060. The van der Waals surface area contributed by atoms with E-state index < -0.39 is 0 Å². The maximum Gasteiger partial charge on any atom is 0.267 e. The maximum absolute atomic E-state index is 13.2. The van der Waals surface area contributed by atoms with Gasteiger partial charge >= 0.3 is 0 Å². The number of aryl methyl sites for hydroxylation is 1. The summed E-state index contributed by atoms with van der Waals surface area (Å²) >= 11 is 1.25. The lowest BCUT2D eigenvalue weighted by atomic mass is 10.1. The van der Waals surface area contributed by atoms with Crippen molar-refractivity contribution in [3.05, 3.63) is 58.5 Å². The second-order valence-corrected chi connectivity index (χ2v) is 8.44. The van der Waals surface area contributed by atoms with Crippen LogP contribution < -0.4 is 10.9 Å². The SMILES string of the molecule is CCCCCC(C)NC(=O)CSc1nc2ccccc2c(=O)n1-c1ccc(C)cn1. The molecule has 3 aromatic rings. The highest BCUT2D eigenvalue weighted by molar-refractivity contribution is 7.99. The Kier molecular flexibility index (Phi) is 7.63. The van der Waals surface area contributed by atoms with E-state index in [0.717, 1.165) is 24.8 Å². The third-order valence-corrected chi connectivity index (χ3v) is 5.79. The van der Waals surface area contributed by atoms with E-state index in [-0.39, 0.29) is 23.3 Å². The minimum Gasteiger partial charge on any atom is -0.353 e. The van der Waals surface area contributed by atoms with E-state index in [2.05, 4.69) is 22.2 Å². The zero-order chi connectivity index (χ0) is 21.5. The Balaban J connectivity index is 1.84. The predicted octanol–water partition coefficient (Wildman–Crippen LogP) is 4.27. The van der Waals surface area contributed by atoms with E-state index in [1.165, 1.54) is 22.7 Å². The van der Waals surface area contributed by atoms with Crippen LogP contribution in [0.1, 0.15) is 45.1 Å². The standard InChI is InChI=1S/C23H28N4O2S/c1-4-5-6-9-17(3)25-21(28)15-30-23-26-19-11-8-7-10-18(19)22(29)27(23)20-13-12-16(2)14-24-20/h7-8,10-14,17H,4-6,9,15H2,1-3H3,(H,25,28). The predicted molar refractivity (Wildman–Crippen MR) is 122 cm³/mol. The molecule has 0 radical (unpaired) electrons. The normalized spacial score (nSPS) is 12.1. The highest BCUT2D eigenvalue weighted by Gasteiger charge is 2.16. The lowest BCUT2D eigenvalue weighted by Gasteiger charge is -2.15. The van der Waals surface area contributed by atoms with E-state index in [1.807, 2.05) is 38.1 Å². The van der Waals surface area contributed by atoms with E-state index in [4.69, 9.17) is 0 Å². The molecule has 158 valence electrons. The molecular formula is C23H28N4O2S. The van der Waals surface area contributed by atoms with Gasteiger partial charge in [-0.25, -0.2) is 14.5 Å². The molecule has 7 heteroatoms. The van der Waals surface area contributed by atoms with Crippen LogP contribution in [-0.2, 0) is 4.79 Å². The van der Waals surface area contributed by atoms with Crippen LogP contribution in [0.15, 0.2) is 52.5 Å². The Morgan fingerprint density at radius 3 is 2.73 bits per heavy atom. The van der Waals surface area contributed by atoms with E-state index in [0.29, 0.717) is 21.9 Å². The number of pyridine rings is 1. The Morgan fingerprint density at radius 2 is 2.00 bits per heavy atom. The van der Waals surface area contributed by atoms with Crippen molar-refractivity contribution in [2.45, 2.75) is 57.7 Å². The molecule has 0 aliphatic rings.